The molecule has 0 saturated carbocycles. The molecule has 9 heavy (non-hydrogen) atoms. The minimum atomic E-state index is -1.44. The van der Waals surface area contributed by atoms with Crippen molar-refractivity contribution in [3.63, 3.8) is 0 Å². The van der Waals surface area contributed by atoms with Crippen molar-refractivity contribution in [3.8, 4) is 0 Å². The average Bonchev–Trinajstić information content (AvgIpc) is 2.15. The van der Waals surface area contributed by atoms with Gasteiger partial charge in [-0.15, -0.1) is 0 Å². The van der Waals surface area contributed by atoms with E-state index < -0.39 is 18.4 Å². The summed E-state index contributed by atoms with van der Waals surface area (Å²) in [6, 6.07) is 0. The third-order valence-electron chi connectivity index (χ3n) is 1.64. The van der Waals surface area contributed by atoms with Gasteiger partial charge >= 0.3 is 0 Å². The summed E-state index contributed by atoms with van der Waals surface area (Å²) >= 11 is 0. The summed E-state index contributed by atoms with van der Waals surface area (Å²) in [4.78, 5) is 0. The predicted octanol–water partition coefficient (Wildman–Crippen LogP) is -1.98. The van der Waals surface area contributed by atoms with E-state index in [0.717, 1.165) is 0 Å². The molecule has 1 saturated heterocycles. The summed E-state index contributed by atoms with van der Waals surface area (Å²) in [6.07, 6.45) is -0.334. The van der Waals surface area contributed by atoms with E-state index in [9.17, 15) is 0 Å². The van der Waals surface area contributed by atoms with Gasteiger partial charge in [0.05, 0.1) is 12.7 Å². The lowest BCUT2D eigenvalue weighted by atomic mass is 10.1. The molecule has 4 nitrogen and oxygen atoms in total. The Labute approximate surface area is 53.1 Å². The standard InChI is InChI=1S/C5H11NO3/c7-3-5(9)4(8)1-2-6-5/h4,6-9H,1-3H2/t4-,5+/m1/s1. The number of rotatable bonds is 1. The molecular formula is C5H11NO3. The normalized spacial score (nSPS) is 43.7. The van der Waals surface area contributed by atoms with Crippen LogP contribution in [0.2, 0.25) is 0 Å². The molecule has 0 aromatic heterocycles. The van der Waals surface area contributed by atoms with Crippen LogP contribution in [0.25, 0.3) is 0 Å². The first-order valence-corrected chi connectivity index (χ1v) is 2.95. The molecule has 0 aromatic carbocycles. The number of aliphatic hydroxyl groups is 3. The van der Waals surface area contributed by atoms with Crippen LogP contribution in [0.15, 0.2) is 0 Å². The second kappa shape index (κ2) is 2.22. The molecule has 1 aliphatic heterocycles. The topological polar surface area (TPSA) is 72.7 Å². The van der Waals surface area contributed by atoms with Gasteiger partial charge in [0.15, 0.2) is 5.72 Å². The molecule has 2 atom stereocenters. The van der Waals surface area contributed by atoms with Crippen molar-refractivity contribution in [3.05, 3.63) is 0 Å². The maximum absolute atomic E-state index is 9.16. The predicted molar refractivity (Wildman–Crippen MR) is 30.7 cm³/mol. The minimum absolute atomic E-state index is 0.436. The van der Waals surface area contributed by atoms with Gasteiger partial charge in [-0.05, 0) is 6.42 Å². The molecule has 1 fully saturated rings. The van der Waals surface area contributed by atoms with Crippen LogP contribution in [0.5, 0.6) is 0 Å². The summed E-state index contributed by atoms with van der Waals surface area (Å²) in [5, 5.41) is 29.2. The van der Waals surface area contributed by atoms with Crippen molar-refractivity contribution >= 4 is 0 Å². The Hall–Kier alpha value is -0.160. The van der Waals surface area contributed by atoms with E-state index in [1.165, 1.54) is 0 Å². The lowest BCUT2D eigenvalue weighted by Crippen LogP contribution is -2.50. The van der Waals surface area contributed by atoms with Gasteiger partial charge in [0.1, 0.15) is 0 Å². The van der Waals surface area contributed by atoms with E-state index in [-0.39, 0.29) is 0 Å². The fourth-order valence-electron chi connectivity index (χ4n) is 0.943. The first-order valence-electron chi connectivity index (χ1n) is 2.95. The monoisotopic (exact) mass is 133 g/mol. The Morgan fingerprint density at radius 2 is 2.33 bits per heavy atom. The van der Waals surface area contributed by atoms with Crippen molar-refractivity contribution in [1.29, 1.82) is 0 Å². The molecule has 1 heterocycles. The summed E-state index contributed by atoms with van der Waals surface area (Å²) < 4.78 is 0. The molecule has 1 rings (SSSR count). The van der Waals surface area contributed by atoms with Crippen LogP contribution in [-0.4, -0.2) is 40.3 Å². The van der Waals surface area contributed by atoms with Gasteiger partial charge in [0, 0.05) is 6.54 Å². The fraction of sp³-hybridized carbons (Fsp3) is 1.00. The molecule has 0 radical (unpaired) electrons. The van der Waals surface area contributed by atoms with Crippen LogP contribution in [-0.2, 0) is 0 Å². The van der Waals surface area contributed by atoms with Gasteiger partial charge in [0.2, 0.25) is 0 Å². The number of nitrogens with one attached hydrogen (secondary N) is 1. The Bertz CT molecular complexity index is 108. The molecule has 4 N–H and O–H groups in total. The van der Waals surface area contributed by atoms with Crippen molar-refractivity contribution in [2.75, 3.05) is 13.2 Å². The third kappa shape index (κ3) is 1.07. The first-order chi connectivity index (χ1) is 4.19. The second-order valence-corrected chi connectivity index (χ2v) is 2.31. The van der Waals surface area contributed by atoms with Crippen LogP contribution >= 0.6 is 0 Å². The van der Waals surface area contributed by atoms with E-state index in [1.807, 2.05) is 0 Å². The largest absolute Gasteiger partial charge is 0.392 e. The Balaban J connectivity index is 2.56. The van der Waals surface area contributed by atoms with Gasteiger partial charge in [-0.2, -0.15) is 0 Å². The Kier molecular flexibility index (Phi) is 1.72. The maximum Gasteiger partial charge on any atom is 0.165 e. The molecule has 4 heteroatoms. The number of hydrogen-bond acceptors (Lipinski definition) is 4. The van der Waals surface area contributed by atoms with E-state index in [1.54, 1.807) is 0 Å². The van der Waals surface area contributed by atoms with Crippen LogP contribution < -0.4 is 5.32 Å². The molecule has 0 unspecified atom stereocenters. The average molecular weight is 133 g/mol. The zero-order valence-corrected chi connectivity index (χ0v) is 5.04. The highest BCUT2D eigenvalue weighted by molar-refractivity contribution is 4.89. The molecule has 54 valence electrons. The molecule has 0 aliphatic carbocycles. The quantitative estimate of drug-likeness (QED) is 0.334. The summed E-state index contributed by atoms with van der Waals surface area (Å²) in [7, 11) is 0. The second-order valence-electron chi connectivity index (χ2n) is 2.31. The van der Waals surface area contributed by atoms with Crippen molar-refractivity contribution in [2.45, 2.75) is 18.2 Å². The van der Waals surface area contributed by atoms with E-state index >= 15 is 0 Å². The van der Waals surface area contributed by atoms with Gasteiger partial charge in [0.25, 0.3) is 0 Å². The number of hydrogen-bond donors (Lipinski definition) is 4. The van der Waals surface area contributed by atoms with Crippen molar-refractivity contribution in [2.24, 2.45) is 0 Å². The highest BCUT2D eigenvalue weighted by Crippen LogP contribution is 2.15. The SMILES string of the molecule is OC[C@@]1(O)NCC[C@H]1O. The highest BCUT2D eigenvalue weighted by atomic mass is 16.4. The zero-order valence-electron chi connectivity index (χ0n) is 5.04. The summed E-state index contributed by atoms with van der Waals surface area (Å²) in [5.41, 5.74) is -1.44. The lowest BCUT2D eigenvalue weighted by molar-refractivity contribution is -0.0997. The molecular weight excluding hydrogens is 122 g/mol. The first kappa shape index (κ1) is 6.95. The highest BCUT2D eigenvalue weighted by Gasteiger charge is 2.38. The fourth-order valence-corrected chi connectivity index (χ4v) is 0.943. The smallest absolute Gasteiger partial charge is 0.165 e. The van der Waals surface area contributed by atoms with Gasteiger partial charge in [-0.25, -0.2) is 0 Å². The van der Waals surface area contributed by atoms with E-state index in [4.69, 9.17) is 15.3 Å². The third-order valence-corrected chi connectivity index (χ3v) is 1.64. The van der Waals surface area contributed by atoms with Crippen molar-refractivity contribution in [1.82, 2.24) is 5.32 Å². The van der Waals surface area contributed by atoms with Crippen LogP contribution in [0, 0.1) is 0 Å². The van der Waals surface area contributed by atoms with E-state index in [0.29, 0.717) is 13.0 Å². The van der Waals surface area contributed by atoms with Crippen molar-refractivity contribution < 1.29 is 15.3 Å². The van der Waals surface area contributed by atoms with Crippen LogP contribution in [0.4, 0.5) is 0 Å². The minimum Gasteiger partial charge on any atom is -0.392 e. The maximum atomic E-state index is 9.16. The molecule has 0 amide bonds. The van der Waals surface area contributed by atoms with Gasteiger partial charge in [-0.1, -0.05) is 0 Å². The lowest BCUT2D eigenvalue weighted by Gasteiger charge is -2.23. The van der Waals surface area contributed by atoms with Gasteiger partial charge < -0.3 is 15.3 Å². The Morgan fingerprint density at radius 3 is 2.56 bits per heavy atom. The molecule has 1 aliphatic rings. The summed E-state index contributed by atoms with van der Waals surface area (Å²) in [6.45, 7) is 0.117. The molecule has 0 spiro atoms. The molecule has 0 aromatic rings. The summed E-state index contributed by atoms with van der Waals surface area (Å²) in [5.74, 6) is 0. The Morgan fingerprint density at radius 1 is 1.67 bits per heavy atom. The van der Waals surface area contributed by atoms with E-state index in [2.05, 4.69) is 5.32 Å². The zero-order chi connectivity index (χ0) is 6.91. The van der Waals surface area contributed by atoms with Crippen LogP contribution in [0.3, 0.4) is 0 Å². The van der Waals surface area contributed by atoms with Crippen LogP contribution in [0.1, 0.15) is 6.42 Å². The number of aliphatic hydroxyl groups excluding tert-OH is 2. The molecule has 0 bridgehead atoms. The van der Waals surface area contributed by atoms with Gasteiger partial charge in [-0.3, -0.25) is 5.32 Å².